The van der Waals surface area contributed by atoms with E-state index >= 15 is 0 Å². The molecule has 0 unspecified atom stereocenters. The van der Waals surface area contributed by atoms with Crippen molar-refractivity contribution in [2.45, 2.75) is 53.9 Å². The lowest BCUT2D eigenvalue weighted by molar-refractivity contribution is 0.175. The zero-order valence-corrected chi connectivity index (χ0v) is 16.4. The zero-order valence-electron chi connectivity index (χ0n) is 16.4. The Morgan fingerprint density at radius 3 is 2.00 bits per heavy atom. The second-order valence-corrected chi connectivity index (χ2v) is 8.09. The van der Waals surface area contributed by atoms with Crippen molar-refractivity contribution >= 4 is 11.4 Å². The summed E-state index contributed by atoms with van der Waals surface area (Å²) in [4.78, 5) is 0. The van der Waals surface area contributed by atoms with Gasteiger partial charge in [0, 0.05) is 11.4 Å². The standard InChI is InChI=1S/C23H33NO/c1-6-23(4,5)17-25-22-15-13-21(14-16-22)24-20-11-9-19(10-12-20)8-7-18(2)3/h9-16,18,24H,6-8,17H2,1-5H3. The average molecular weight is 340 g/mol. The third-order valence-corrected chi connectivity index (χ3v) is 4.69. The van der Waals surface area contributed by atoms with Crippen molar-refractivity contribution in [1.29, 1.82) is 0 Å². The molecule has 0 spiro atoms. The summed E-state index contributed by atoms with van der Waals surface area (Å²) in [6.07, 6.45) is 3.50. The third kappa shape index (κ3) is 6.81. The molecule has 0 bridgehead atoms. The number of aryl methyl sites for hydroxylation is 1. The van der Waals surface area contributed by atoms with Crippen LogP contribution in [0.15, 0.2) is 48.5 Å². The normalized spacial score (nSPS) is 11.6. The van der Waals surface area contributed by atoms with Gasteiger partial charge >= 0.3 is 0 Å². The Morgan fingerprint density at radius 1 is 0.920 bits per heavy atom. The first-order valence-electron chi connectivity index (χ1n) is 9.47. The fourth-order valence-electron chi connectivity index (χ4n) is 2.39. The van der Waals surface area contributed by atoms with Crippen LogP contribution >= 0.6 is 0 Å². The maximum Gasteiger partial charge on any atom is 0.119 e. The summed E-state index contributed by atoms with van der Waals surface area (Å²) in [5.41, 5.74) is 3.82. The van der Waals surface area contributed by atoms with E-state index in [-0.39, 0.29) is 5.41 Å². The molecule has 0 aliphatic heterocycles. The van der Waals surface area contributed by atoms with Gasteiger partial charge in [0.25, 0.3) is 0 Å². The highest BCUT2D eigenvalue weighted by molar-refractivity contribution is 5.60. The van der Waals surface area contributed by atoms with Crippen molar-refractivity contribution in [2.24, 2.45) is 11.3 Å². The average Bonchev–Trinajstić information content (AvgIpc) is 2.60. The van der Waals surface area contributed by atoms with Crippen LogP contribution in [0.2, 0.25) is 0 Å². The number of rotatable bonds is 9. The van der Waals surface area contributed by atoms with Gasteiger partial charge in [-0.15, -0.1) is 0 Å². The van der Waals surface area contributed by atoms with E-state index in [0.717, 1.165) is 42.5 Å². The molecule has 2 heteroatoms. The van der Waals surface area contributed by atoms with E-state index in [4.69, 9.17) is 4.74 Å². The van der Waals surface area contributed by atoms with Crippen LogP contribution in [0.4, 0.5) is 11.4 Å². The van der Waals surface area contributed by atoms with Crippen LogP contribution in [0.3, 0.4) is 0 Å². The lowest BCUT2D eigenvalue weighted by atomic mass is 9.92. The quantitative estimate of drug-likeness (QED) is 0.540. The van der Waals surface area contributed by atoms with Crippen LogP contribution in [0.1, 0.15) is 53.0 Å². The van der Waals surface area contributed by atoms with Crippen LogP contribution in [0, 0.1) is 11.3 Å². The molecule has 25 heavy (non-hydrogen) atoms. The molecular formula is C23H33NO. The molecule has 2 aromatic rings. The van der Waals surface area contributed by atoms with Crippen molar-refractivity contribution in [3.05, 3.63) is 54.1 Å². The Kier molecular flexibility index (Phi) is 6.92. The first-order valence-corrected chi connectivity index (χ1v) is 9.47. The van der Waals surface area contributed by atoms with Crippen LogP contribution in [-0.4, -0.2) is 6.61 Å². The largest absolute Gasteiger partial charge is 0.493 e. The molecule has 0 aliphatic rings. The summed E-state index contributed by atoms with van der Waals surface area (Å²) < 4.78 is 5.90. The Morgan fingerprint density at radius 2 is 1.48 bits per heavy atom. The van der Waals surface area contributed by atoms with Gasteiger partial charge in [-0.1, -0.05) is 46.8 Å². The molecule has 0 heterocycles. The molecule has 2 rings (SSSR count). The van der Waals surface area contributed by atoms with Crippen molar-refractivity contribution in [1.82, 2.24) is 0 Å². The van der Waals surface area contributed by atoms with Gasteiger partial charge in [0.15, 0.2) is 0 Å². The number of nitrogens with one attached hydrogen (secondary N) is 1. The number of benzene rings is 2. The predicted octanol–water partition coefficient (Wildman–Crippen LogP) is 6.83. The molecule has 136 valence electrons. The van der Waals surface area contributed by atoms with Gasteiger partial charge in [-0.25, -0.2) is 0 Å². The molecule has 0 aromatic heterocycles. The van der Waals surface area contributed by atoms with E-state index < -0.39 is 0 Å². The molecule has 1 N–H and O–H groups in total. The summed E-state index contributed by atoms with van der Waals surface area (Å²) in [6, 6.07) is 17.0. The topological polar surface area (TPSA) is 21.3 Å². The molecular weight excluding hydrogens is 306 g/mol. The summed E-state index contributed by atoms with van der Waals surface area (Å²) in [6.45, 7) is 11.9. The Balaban J connectivity index is 1.88. The first kappa shape index (κ1) is 19.4. The second kappa shape index (κ2) is 8.94. The Labute approximate surface area is 153 Å². The minimum Gasteiger partial charge on any atom is -0.493 e. The molecule has 0 fully saturated rings. The van der Waals surface area contributed by atoms with Gasteiger partial charge in [-0.05, 0) is 72.6 Å². The van der Waals surface area contributed by atoms with E-state index in [0.29, 0.717) is 0 Å². The summed E-state index contributed by atoms with van der Waals surface area (Å²) in [5, 5.41) is 3.45. The Hall–Kier alpha value is -1.96. The lowest BCUT2D eigenvalue weighted by Gasteiger charge is -2.22. The minimum absolute atomic E-state index is 0.217. The van der Waals surface area contributed by atoms with Crippen molar-refractivity contribution in [3.63, 3.8) is 0 Å². The van der Waals surface area contributed by atoms with E-state index in [1.807, 2.05) is 12.1 Å². The van der Waals surface area contributed by atoms with Crippen LogP contribution in [0.25, 0.3) is 0 Å². The molecule has 0 saturated heterocycles. The molecule has 2 nitrogen and oxygen atoms in total. The molecule has 0 radical (unpaired) electrons. The van der Waals surface area contributed by atoms with Gasteiger partial charge in [-0.3, -0.25) is 0 Å². The van der Waals surface area contributed by atoms with Gasteiger partial charge < -0.3 is 10.1 Å². The Bertz CT molecular complexity index is 626. The molecule has 0 amide bonds. The highest BCUT2D eigenvalue weighted by atomic mass is 16.5. The van der Waals surface area contributed by atoms with E-state index in [1.165, 1.54) is 12.0 Å². The van der Waals surface area contributed by atoms with Crippen molar-refractivity contribution in [2.75, 3.05) is 11.9 Å². The number of anilines is 2. The minimum atomic E-state index is 0.217. The van der Waals surface area contributed by atoms with Gasteiger partial charge in [-0.2, -0.15) is 0 Å². The third-order valence-electron chi connectivity index (χ3n) is 4.69. The smallest absolute Gasteiger partial charge is 0.119 e. The highest BCUT2D eigenvalue weighted by Crippen LogP contribution is 2.24. The first-order chi connectivity index (χ1) is 11.9. The highest BCUT2D eigenvalue weighted by Gasteiger charge is 2.15. The summed E-state index contributed by atoms with van der Waals surface area (Å²) >= 11 is 0. The van der Waals surface area contributed by atoms with Crippen molar-refractivity contribution < 1.29 is 4.74 Å². The van der Waals surface area contributed by atoms with E-state index in [1.54, 1.807) is 0 Å². The number of hydrogen-bond donors (Lipinski definition) is 1. The van der Waals surface area contributed by atoms with Crippen molar-refractivity contribution in [3.8, 4) is 5.75 Å². The van der Waals surface area contributed by atoms with Gasteiger partial charge in [0.1, 0.15) is 5.75 Å². The summed E-state index contributed by atoms with van der Waals surface area (Å²) in [5.74, 6) is 1.68. The molecule has 0 atom stereocenters. The zero-order chi connectivity index (χ0) is 18.3. The van der Waals surface area contributed by atoms with Gasteiger partial charge in [0.05, 0.1) is 6.61 Å². The second-order valence-electron chi connectivity index (χ2n) is 8.09. The lowest BCUT2D eigenvalue weighted by Crippen LogP contribution is -2.20. The monoisotopic (exact) mass is 339 g/mol. The maximum absolute atomic E-state index is 5.90. The van der Waals surface area contributed by atoms with E-state index in [2.05, 4.69) is 76.3 Å². The van der Waals surface area contributed by atoms with Crippen LogP contribution in [0.5, 0.6) is 5.75 Å². The SMILES string of the molecule is CCC(C)(C)COc1ccc(Nc2ccc(CCC(C)C)cc2)cc1. The van der Waals surface area contributed by atoms with Crippen LogP contribution < -0.4 is 10.1 Å². The maximum atomic E-state index is 5.90. The fourth-order valence-corrected chi connectivity index (χ4v) is 2.39. The molecule has 2 aromatic carbocycles. The van der Waals surface area contributed by atoms with Crippen LogP contribution in [-0.2, 0) is 6.42 Å². The predicted molar refractivity (Wildman–Crippen MR) is 109 cm³/mol. The summed E-state index contributed by atoms with van der Waals surface area (Å²) in [7, 11) is 0. The number of hydrogen-bond acceptors (Lipinski definition) is 2. The van der Waals surface area contributed by atoms with Gasteiger partial charge in [0.2, 0.25) is 0 Å². The van der Waals surface area contributed by atoms with E-state index in [9.17, 15) is 0 Å². The molecule has 0 aliphatic carbocycles. The number of ether oxygens (including phenoxy) is 1. The fraction of sp³-hybridized carbons (Fsp3) is 0.478. The molecule has 0 saturated carbocycles.